The molecule has 1 aromatic rings. The fraction of sp³-hybridized carbons (Fsp3) is 0.684. The average Bonchev–Trinajstić information content (AvgIpc) is 3.09. The standard InChI is InChI=1S/C19H28N2O/c1-18(2,3)15-11-16(19(4,5)6)21(20-15)17(22)14-10-12-7-8-13(14)9-12/h7-8,11-14H,9-10H2,1-6H3/t12-,13+,14-/m0/s1. The number of nitrogens with zero attached hydrogens (tertiary/aromatic N) is 2. The van der Waals surface area contributed by atoms with E-state index < -0.39 is 0 Å². The van der Waals surface area contributed by atoms with Gasteiger partial charge in [0.2, 0.25) is 0 Å². The smallest absolute Gasteiger partial charge is 0.250 e. The topological polar surface area (TPSA) is 34.9 Å². The quantitative estimate of drug-likeness (QED) is 0.724. The first-order valence-corrected chi connectivity index (χ1v) is 8.41. The maximum absolute atomic E-state index is 13.1. The Labute approximate surface area is 133 Å². The van der Waals surface area contributed by atoms with Crippen molar-refractivity contribution in [1.82, 2.24) is 9.78 Å². The van der Waals surface area contributed by atoms with Crippen molar-refractivity contribution in [2.45, 2.75) is 65.2 Å². The Kier molecular flexibility index (Phi) is 3.39. The first-order chi connectivity index (χ1) is 10.1. The Balaban J connectivity index is 2.00. The minimum Gasteiger partial charge on any atom is -0.272 e. The lowest BCUT2D eigenvalue weighted by atomic mass is 9.87. The molecule has 0 amide bonds. The largest absolute Gasteiger partial charge is 0.272 e. The van der Waals surface area contributed by atoms with Crippen molar-refractivity contribution in [2.75, 3.05) is 0 Å². The number of aromatic nitrogens is 2. The molecule has 1 saturated carbocycles. The van der Waals surface area contributed by atoms with Crippen LogP contribution in [0.5, 0.6) is 0 Å². The summed E-state index contributed by atoms with van der Waals surface area (Å²) in [5.74, 6) is 1.34. The predicted molar refractivity (Wildman–Crippen MR) is 89.1 cm³/mol. The van der Waals surface area contributed by atoms with Crippen LogP contribution in [-0.4, -0.2) is 15.7 Å². The number of carbonyl (C=O) groups excluding carboxylic acids is 1. The van der Waals surface area contributed by atoms with Crippen LogP contribution in [0, 0.1) is 17.8 Å². The van der Waals surface area contributed by atoms with Crippen LogP contribution in [0.15, 0.2) is 18.2 Å². The summed E-state index contributed by atoms with van der Waals surface area (Å²) in [6, 6.07) is 2.13. The van der Waals surface area contributed by atoms with Gasteiger partial charge >= 0.3 is 0 Å². The third-order valence-electron chi connectivity index (χ3n) is 5.05. The number of hydrogen-bond acceptors (Lipinski definition) is 2. The number of fused-ring (bicyclic) bond motifs is 2. The molecule has 0 unspecified atom stereocenters. The van der Waals surface area contributed by atoms with Crippen LogP contribution in [0.4, 0.5) is 0 Å². The summed E-state index contributed by atoms with van der Waals surface area (Å²) in [5.41, 5.74) is 1.92. The van der Waals surface area contributed by atoms with E-state index in [4.69, 9.17) is 5.10 Å². The molecule has 0 spiro atoms. The van der Waals surface area contributed by atoms with E-state index >= 15 is 0 Å². The highest BCUT2D eigenvalue weighted by Gasteiger charge is 2.42. The van der Waals surface area contributed by atoms with Gasteiger partial charge in [-0.05, 0) is 30.7 Å². The molecular formula is C19H28N2O. The SMILES string of the molecule is CC(C)(C)c1cc(C(C)(C)C)n(C(=O)[C@H]2C[C@H]3C=C[C@@H]2C3)n1. The summed E-state index contributed by atoms with van der Waals surface area (Å²) in [4.78, 5) is 13.1. The number of carbonyl (C=O) groups is 1. The third kappa shape index (κ3) is 2.55. The second-order valence-corrected chi connectivity index (χ2v) is 9.05. The molecule has 0 N–H and O–H groups in total. The maximum atomic E-state index is 13.1. The fourth-order valence-electron chi connectivity index (χ4n) is 3.67. The van der Waals surface area contributed by atoms with E-state index in [-0.39, 0.29) is 22.7 Å². The van der Waals surface area contributed by atoms with E-state index in [2.05, 4.69) is 59.8 Å². The highest BCUT2D eigenvalue weighted by atomic mass is 16.2. The van der Waals surface area contributed by atoms with Crippen molar-refractivity contribution >= 4 is 5.91 Å². The Morgan fingerprint density at radius 1 is 1.09 bits per heavy atom. The second kappa shape index (κ2) is 4.81. The summed E-state index contributed by atoms with van der Waals surface area (Å²) >= 11 is 0. The molecule has 3 heteroatoms. The lowest BCUT2D eigenvalue weighted by Gasteiger charge is -2.23. The molecule has 0 aliphatic heterocycles. The van der Waals surface area contributed by atoms with Crippen LogP contribution in [0.25, 0.3) is 0 Å². The normalized spacial score (nSPS) is 27.6. The van der Waals surface area contributed by atoms with Crippen LogP contribution >= 0.6 is 0 Å². The van der Waals surface area contributed by atoms with E-state index in [1.54, 1.807) is 4.68 Å². The lowest BCUT2D eigenvalue weighted by molar-refractivity contribution is 0.0787. The zero-order valence-corrected chi connectivity index (χ0v) is 14.7. The van der Waals surface area contributed by atoms with Crippen LogP contribution < -0.4 is 0 Å². The highest BCUT2D eigenvalue weighted by molar-refractivity contribution is 5.82. The highest BCUT2D eigenvalue weighted by Crippen LogP contribution is 2.44. The van der Waals surface area contributed by atoms with Crippen LogP contribution in [0.2, 0.25) is 0 Å². The molecule has 2 aliphatic carbocycles. The molecule has 0 radical (unpaired) electrons. The monoisotopic (exact) mass is 300 g/mol. The van der Waals surface area contributed by atoms with Crippen molar-refractivity contribution in [3.8, 4) is 0 Å². The fourth-order valence-corrected chi connectivity index (χ4v) is 3.67. The Bertz CT molecular complexity index is 625. The lowest BCUT2D eigenvalue weighted by Crippen LogP contribution is -2.30. The van der Waals surface area contributed by atoms with E-state index in [1.165, 1.54) is 0 Å². The van der Waals surface area contributed by atoms with Crippen molar-refractivity contribution < 1.29 is 4.79 Å². The molecule has 1 aromatic heterocycles. The van der Waals surface area contributed by atoms with Crippen molar-refractivity contribution in [3.63, 3.8) is 0 Å². The molecular weight excluding hydrogens is 272 g/mol. The molecule has 2 aliphatic rings. The van der Waals surface area contributed by atoms with Crippen molar-refractivity contribution in [3.05, 3.63) is 29.6 Å². The number of rotatable bonds is 1. The first-order valence-electron chi connectivity index (χ1n) is 8.41. The van der Waals surface area contributed by atoms with E-state index in [1.807, 2.05) is 0 Å². The Hall–Kier alpha value is -1.38. The maximum Gasteiger partial charge on any atom is 0.250 e. The minimum absolute atomic E-state index is 0.0416. The minimum atomic E-state index is -0.0837. The Morgan fingerprint density at radius 3 is 2.23 bits per heavy atom. The molecule has 3 rings (SSSR count). The molecule has 22 heavy (non-hydrogen) atoms. The first kappa shape index (κ1) is 15.5. The zero-order valence-electron chi connectivity index (χ0n) is 14.7. The van der Waals surface area contributed by atoms with Gasteiger partial charge in [0.05, 0.1) is 11.4 Å². The molecule has 1 fully saturated rings. The van der Waals surface area contributed by atoms with Crippen LogP contribution in [0.1, 0.15) is 70.6 Å². The summed E-state index contributed by atoms with van der Waals surface area (Å²) in [5, 5.41) is 4.72. The average molecular weight is 300 g/mol. The van der Waals surface area contributed by atoms with E-state index in [0.29, 0.717) is 11.8 Å². The van der Waals surface area contributed by atoms with Crippen LogP contribution in [-0.2, 0) is 10.8 Å². The molecule has 0 aromatic carbocycles. The molecule has 3 atom stereocenters. The van der Waals surface area contributed by atoms with Gasteiger partial charge in [-0.1, -0.05) is 53.7 Å². The number of hydrogen-bond donors (Lipinski definition) is 0. The predicted octanol–water partition coefficient (Wildman–Crippen LogP) is 4.33. The van der Waals surface area contributed by atoms with Gasteiger partial charge in [0.1, 0.15) is 0 Å². The van der Waals surface area contributed by atoms with E-state index in [9.17, 15) is 4.79 Å². The van der Waals surface area contributed by atoms with Gasteiger partial charge in [0.25, 0.3) is 5.91 Å². The van der Waals surface area contributed by atoms with Gasteiger partial charge in [-0.3, -0.25) is 4.79 Å². The third-order valence-corrected chi connectivity index (χ3v) is 5.05. The zero-order chi connectivity index (χ0) is 16.3. The summed E-state index contributed by atoms with van der Waals surface area (Å²) in [6.07, 6.45) is 6.66. The molecule has 3 nitrogen and oxygen atoms in total. The summed E-state index contributed by atoms with van der Waals surface area (Å²) in [7, 11) is 0. The van der Waals surface area contributed by atoms with Gasteiger partial charge < -0.3 is 0 Å². The molecule has 1 heterocycles. The number of allylic oxidation sites excluding steroid dienone is 2. The van der Waals surface area contributed by atoms with Gasteiger partial charge in [0.15, 0.2) is 0 Å². The van der Waals surface area contributed by atoms with Crippen LogP contribution in [0.3, 0.4) is 0 Å². The Morgan fingerprint density at radius 2 is 1.77 bits per heavy atom. The van der Waals surface area contributed by atoms with Gasteiger partial charge in [0, 0.05) is 16.7 Å². The molecule has 120 valence electrons. The molecule has 0 saturated heterocycles. The van der Waals surface area contributed by atoms with Crippen molar-refractivity contribution in [2.24, 2.45) is 17.8 Å². The second-order valence-electron chi connectivity index (χ2n) is 9.05. The van der Waals surface area contributed by atoms with E-state index in [0.717, 1.165) is 24.2 Å². The van der Waals surface area contributed by atoms with Gasteiger partial charge in [-0.25, -0.2) is 4.68 Å². The van der Waals surface area contributed by atoms with Crippen molar-refractivity contribution in [1.29, 1.82) is 0 Å². The van der Waals surface area contributed by atoms with Gasteiger partial charge in [-0.2, -0.15) is 5.10 Å². The summed E-state index contributed by atoms with van der Waals surface area (Å²) in [6.45, 7) is 12.9. The molecule has 2 bridgehead atoms. The summed E-state index contributed by atoms with van der Waals surface area (Å²) < 4.78 is 1.72. The van der Waals surface area contributed by atoms with Gasteiger partial charge in [-0.15, -0.1) is 0 Å².